The van der Waals surface area contributed by atoms with E-state index in [0.29, 0.717) is 5.92 Å². The SMILES string of the molecule is CCC(CC)CNC(=O)c1c(C)nn(C)c1C. The van der Waals surface area contributed by atoms with Gasteiger partial charge >= 0.3 is 0 Å². The maximum Gasteiger partial charge on any atom is 0.255 e. The van der Waals surface area contributed by atoms with E-state index in [1.807, 2.05) is 20.9 Å². The molecule has 96 valence electrons. The van der Waals surface area contributed by atoms with Crippen LogP contribution in [0.1, 0.15) is 48.4 Å². The summed E-state index contributed by atoms with van der Waals surface area (Å²) in [5.74, 6) is 0.566. The Kier molecular flexibility index (Phi) is 4.73. The zero-order chi connectivity index (χ0) is 13.0. The van der Waals surface area contributed by atoms with Crippen molar-refractivity contribution in [2.75, 3.05) is 6.54 Å². The van der Waals surface area contributed by atoms with Gasteiger partial charge in [0.15, 0.2) is 0 Å². The summed E-state index contributed by atoms with van der Waals surface area (Å²) in [6, 6.07) is 0. The third kappa shape index (κ3) is 3.08. The monoisotopic (exact) mass is 237 g/mol. The summed E-state index contributed by atoms with van der Waals surface area (Å²) < 4.78 is 1.75. The van der Waals surface area contributed by atoms with Gasteiger partial charge in [-0.05, 0) is 19.8 Å². The molecule has 1 rings (SSSR count). The lowest BCUT2D eigenvalue weighted by molar-refractivity contribution is 0.0945. The second-order valence-electron chi connectivity index (χ2n) is 4.56. The number of carbonyl (C=O) groups excluding carboxylic acids is 1. The molecule has 0 fully saturated rings. The molecule has 1 heterocycles. The van der Waals surface area contributed by atoms with Gasteiger partial charge < -0.3 is 5.32 Å². The molecule has 0 unspecified atom stereocenters. The average molecular weight is 237 g/mol. The van der Waals surface area contributed by atoms with Crippen LogP contribution in [0.25, 0.3) is 0 Å². The molecule has 0 saturated carbocycles. The fraction of sp³-hybridized carbons (Fsp3) is 0.692. The average Bonchev–Trinajstić information content (AvgIpc) is 2.54. The number of carbonyl (C=O) groups is 1. The van der Waals surface area contributed by atoms with Crippen molar-refractivity contribution >= 4 is 5.91 Å². The van der Waals surface area contributed by atoms with E-state index in [0.717, 1.165) is 36.3 Å². The number of hydrogen-bond acceptors (Lipinski definition) is 2. The Morgan fingerprint density at radius 1 is 1.35 bits per heavy atom. The lowest BCUT2D eigenvalue weighted by Gasteiger charge is -2.13. The molecule has 4 nitrogen and oxygen atoms in total. The molecular weight excluding hydrogens is 214 g/mol. The van der Waals surface area contributed by atoms with Gasteiger partial charge in [0, 0.05) is 19.3 Å². The third-order valence-corrected chi connectivity index (χ3v) is 3.44. The molecule has 0 aliphatic heterocycles. The zero-order valence-electron chi connectivity index (χ0n) is 11.5. The van der Waals surface area contributed by atoms with Crippen LogP contribution in [-0.2, 0) is 7.05 Å². The molecule has 1 aromatic heterocycles. The summed E-state index contributed by atoms with van der Waals surface area (Å²) in [6.07, 6.45) is 2.20. The van der Waals surface area contributed by atoms with Crippen LogP contribution in [0.15, 0.2) is 0 Å². The van der Waals surface area contributed by atoms with Crippen LogP contribution in [0.2, 0.25) is 0 Å². The second-order valence-corrected chi connectivity index (χ2v) is 4.56. The van der Waals surface area contributed by atoms with Crippen LogP contribution in [0, 0.1) is 19.8 Å². The fourth-order valence-corrected chi connectivity index (χ4v) is 2.00. The van der Waals surface area contributed by atoms with Gasteiger partial charge in [-0.25, -0.2) is 0 Å². The number of hydrogen-bond donors (Lipinski definition) is 1. The fourth-order valence-electron chi connectivity index (χ4n) is 2.00. The highest BCUT2D eigenvalue weighted by molar-refractivity contribution is 5.96. The molecule has 0 radical (unpaired) electrons. The van der Waals surface area contributed by atoms with E-state index >= 15 is 0 Å². The van der Waals surface area contributed by atoms with E-state index in [1.54, 1.807) is 4.68 Å². The maximum absolute atomic E-state index is 12.1. The predicted octanol–water partition coefficient (Wildman–Crippen LogP) is 2.20. The molecule has 0 spiro atoms. The quantitative estimate of drug-likeness (QED) is 0.853. The molecule has 0 bridgehead atoms. The molecule has 0 aliphatic rings. The number of rotatable bonds is 5. The largest absolute Gasteiger partial charge is 0.352 e. The normalized spacial score (nSPS) is 10.9. The molecule has 17 heavy (non-hydrogen) atoms. The van der Waals surface area contributed by atoms with Crippen LogP contribution >= 0.6 is 0 Å². The first kappa shape index (κ1) is 13.7. The van der Waals surface area contributed by atoms with Crippen molar-refractivity contribution in [1.29, 1.82) is 0 Å². The van der Waals surface area contributed by atoms with E-state index in [2.05, 4.69) is 24.3 Å². The Morgan fingerprint density at radius 3 is 2.35 bits per heavy atom. The van der Waals surface area contributed by atoms with Gasteiger partial charge in [0.1, 0.15) is 0 Å². The number of nitrogens with one attached hydrogen (secondary N) is 1. The van der Waals surface area contributed by atoms with Crippen LogP contribution < -0.4 is 5.32 Å². The molecule has 0 saturated heterocycles. The standard InChI is InChI=1S/C13H23N3O/c1-6-11(7-2)8-14-13(17)12-9(3)15-16(5)10(12)4/h11H,6-8H2,1-5H3,(H,14,17). The first-order valence-corrected chi connectivity index (χ1v) is 6.29. The molecule has 0 atom stereocenters. The summed E-state index contributed by atoms with van der Waals surface area (Å²) in [4.78, 5) is 12.1. The summed E-state index contributed by atoms with van der Waals surface area (Å²) in [5, 5.41) is 7.26. The van der Waals surface area contributed by atoms with Crippen LogP contribution in [0.4, 0.5) is 0 Å². The van der Waals surface area contributed by atoms with Crippen molar-refractivity contribution in [2.45, 2.75) is 40.5 Å². The van der Waals surface area contributed by atoms with Gasteiger partial charge in [-0.15, -0.1) is 0 Å². The Hall–Kier alpha value is -1.32. The van der Waals surface area contributed by atoms with Crippen molar-refractivity contribution in [1.82, 2.24) is 15.1 Å². The van der Waals surface area contributed by atoms with Crippen LogP contribution in [0.3, 0.4) is 0 Å². The molecule has 1 aromatic rings. The van der Waals surface area contributed by atoms with Crippen molar-refractivity contribution < 1.29 is 4.79 Å². The zero-order valence-corrected chi connectivity index (χ0v) is 11.5. The predicted molar refractivity (Wildman–Crippen MR) is 69.1 cm³/mol. The topological polar surface area (TPSA) is 46.9 Å². The Labute approximate surface area is 103 Å². The van der Waals surface area contributed by atoms with Crippen molar-refractivity contribution in [3.8, 4) is 0 Å². The summed E-state index contributed by atoms with van der Waals surface area (Å²) in [7, 11) is 1.86. The van der Waals surface area contributed by atoms with Crippen molar-refractivity contribution in [2.24, 2.45) is 13.0 Å². The third-order valence-electron chi connectivity index (χ3n) is 3.44. The number of aromatic nitrogens is 2. The lowest BCUT2D eigenvalue weighted by atomic mass is 10.0. The van der Waals surface area contributed by atoms with Gasteiger partial charge in [0.25, 0.3) is 5.91 Å². The smallest absolute Gasteiger partial charge is 0.255 e. The van der Waals surface area contributed by atoms with Crippen molar-refractivity contribution in [3.63, 3.8) is 0 Å². The van der Waals surface area contributed by atoms with Gasteiger partial charge in [0.2, 0.25) is 0 Å². The summed E-state index contributed by atoms with van der Waals surface area (Å²) >= 11 is 0. The van der Waals surface area contributed by atoms with E-state index in [-0.39, 0.29) is 5.91 Å². The molecule has 0 aliphatic carbocycles. The van der Waals surface area contributed by atoms with Crippen molar-refractivity contribution in [3.05, 3.63) is 17.0 Å². The molecule has 0 aromatic carbocycles. The van der Waals surface area contributed by atoms with E-state index < -0.39 is 0 Å². The highest BCUT2D eigenvalue weighted by Crippen LogP contribution is 2.12. The first-order valence-electron chi connectivity index (χ1n) is 6.29. The molecular formula is C13H23N3O. The lowest BCUT2D eigenvalue weighted by Crippen LogP contribution is -2.29. The highest BCUT2D eigenvalue weighted by atomic mass is 16.1. The van der Waals surface area contributed by atoms with Gasteiger partial charge in [-0.3, -0.25) is 9.48 Å². The maximum atomic E-state index is 12.1. The minimum Gasteiger partial charge on any atom is -0.352 e. The second kappa shape index (κ2) is 5.84. The van der Waals surface area contributed by atoms with Gasteiger partial charge in [-0.2, -0.15) is 5.10 Å². The number of aryl methyl sites for hydroxylation is 2. The van der Waals surface area contributed by atoms with E-state index in [4.69, 9.17) is 0 Å². The first-order chi connectivity index (χ1) is 8.01. The molecule has 1 N–H and O–H groups in total. The van der Waals surface area contributed by atoms with E-state index in [1.165, 1.54) is 0 Å². The molecule has 4 heteroatoms. The molecule has 1 amide bonds. The number of amides is 1. The van der Waals surface area contributed by atoms with E-state index in [9.17, 15) is 4.79 Å². The number of nitrogens with zero attached hydrogens (tertiary/aromatic N) is 2. The Bertz CT molecular complexity index is 392. The highest BCUT2D eigenvalue weighted by Gasteiger charge is 2.17. The van der Waals surface area contributed by atoms with Gasteiger partial charge in [-0.1, -0.05) is 26.7 Å². The van der Waals surface area contributed by atoms with Crippen LogP contribution in [0.5, 0.6) is 0 Å². The Balaban J connectivity index is 2.70. The minimum absolute atomic E-state index is 0.000000000000000444. The minimum atomic E-state index is 0.000000000000000444. The summed E-state index contributed by atoms with van der Waals surface area (Å²) in [5.41, 5.74) is 2.44. The summed E-state index contributed by atoms with van der Waals surface area (Å²) in [6.45, 7) is 8.85. The Morgan fingerprint density at radius 2 is 1.94 bits per heavy atom. The van der Waals surface area contributed by atoms with Gasteiger partial charge in [0.05, 0.1) is 11.3 Å². The van der Waals surface area contributed by atoms with Crippen LogP contribution in [-0.4, -0.2) is 22.2 Å².